The van der Waals surface area contributed by atoms with Gasteiger partial charge in [0.25, 0.3) is 0 Å². The van der Waals surface area contributed by atoms with E-state index in [1.165, 1.54) is 7.11 Å². The molecule has 0 saturated carbocycles. The standard InChI is InChI=1S/C14H21NO4/c1-10(8-14(17)18)15-7-3-4-11-5-6-13(19-2)12(16)9-11/h5-6,9-10,15-16H,3-4,7-8H2,1-2H3,(H,17,18). The number of nitrogens with one attached hydrogen (secondary N) is 1. The molecule has 19 heavy (non-hydrogen) atoms. The van der Waals surface area contributed by atoms with Gasteiger partial charge in [0.2, 0.25) is 0 Å². The number of hydrogen-bond acceptors (Lipinski definition) is 4. The van der Waals surface area contributed by atoms with Crippen LogP contribution in [0.5, 0.6) is 11.5 Å². The van der Waals surface area contributed by atoms with Crippen LogP contribution in [0.2, 0.25) is 0 Å². The molecule has 0 aliphatic heterocycles. The molecule has 5 nitrogen and oxygen atoms in total. The first-order valence-corrected chi connectivity index (χ1v) is 6.34. The normalized spacial score (nSPS) is 12.1. The van der Waals surface area contributed by atoms with E-state index in [4.69, 9.17) is 9.84 Å². The van der Waals surface area contributed by atoms with E-state index in [1.54, 1.807) is 12.1 Å². The van der Waals surface area contributed by atoms with Crippen molar-refractivity contribution in [2.75, 3.05) is 13.7 Å². The highest BCUT2D eigenvalue weighted by molar-refractivity contribution is 5.67. The molecule has 3 N–H and O–H groups in total. The number of aliphatic carboxylic acids is 1. The molecule has 1 atom stereocenters. The number of phenolic OH excluding ortho intramolecular Hbond substituents is 1. The monoisotopic (exact) mass is 267 g/mol. The number of methoxy groups -OCH3 is 1. The lowest BCUT2D eigenvalue weighted by Gasteiger charge is -2.11. The summed E-state index contributed by atoms with van der Waals surface area (Å²) in [7, 11) is 1.52. The lowest BCUT2D eigenvalue weighted by molar-refractivity contribution is -0.137. The van der Waals surface area contributed by atoms with E-state index in [9.17, 15) is 9.90 Å². The van der Waals surface area contributed by atoms with Crippen LogP contribution in [0.4, 0.5) is 0 Å². The van der Waals surface area contributed by atoms with Crippen LogP contribution in [-0.4, -0.2) is 35.9 Å². The third kappa shape index (κ3) is 5.61. The summed E-state index contributed by atoms with van der Waals surface area (Å²) in [6.45, 7) is 2.61. The summed E-state index contributed by atoms with van der Waals surface area (Å²) in [5, 5.41) is 21.4. The van der Waals surface area contributed by atoms with Crippen molar-refractivity contribution in [2.45, 2.75) is 32.2 Å². The number of carboxylic acid groups (broad SMARTS) is 1. The molecule has 0 spiro atoms. The van der Waals surface area contributed by atoms with Crippen molar-refractivity contribution in [3.05, 3.63) is 23.8 Å². The summed E-state index contributed by atoms with van der Waals surface area (Å²) in [5.41, 5.74) is 1.03. The molecule has 1 rings (SSSR count). The second kappa shape index (κ2) is 7.63. The zero-order valence-electron chi connectivity index (χ0n) is 11.3. The Morgan fingerprint density at radius 2 is 2.21 bits per heavy atom. The zero-order chi connectivity index (χ0) is 14.3. The Hall–Kier alpha value is -1.75. The summed E-state index contributed by atoms with van der Waals surface area (Å²) in [5.74, 6) is -0.177. The lowest BCUT2D eigenvalue weighted by atomic mass is 10.1. The van der Waals surface area contributed by atoms with Crippen LogP contribution in [0.25, 0.3) is 0 Å². The third-order valence-electron chi connectivity index (χ3n) is 2.86. The van der Waals surface area contributed by atoms with E-state index in [2.05, 4.69) is 5.32 Å². The van der Waals surface area contributed by atoms with E-state index in [-0.39, 0.29) is 18.2 Å². The molecule has 0 aliphatic rings. The van der Waals surface area contributed by atoms with E-state index in [0.29, 0.717) is 5.75 Å². The molecule has 1 unspecified atom stereocenters. The predicted molar refractivity (Wildman–Crippen MR) is 72.7 cm³/mol. The molecule has 0 aliphatic carbocycles. The average Bonchev–Trinajstić information content (AvgIpc) is 2.34. The van der Waals surface area contributed by atoms with Crippen LogP contribution in [0.1, 0.15) is 25.3 Å². The van der Waals surface area contributed by atoms with Gasteiger partial charge in [0.1, 0.15) is 0 Å². The molecule has 0 amide bonds. The summed E-state index contributed by atoms with van der Waals surface area (Å²) >= 11 is 0. The highest BCUT2D eigenvalue weighted by atomic mass is 16.5. The number of rotatable bonds is 8. The fraction of sp³-hybridized carbons (Fsp3) is 0.500. The predicted octanol–water partition coefficient (Wildman–Crippen LogP) is 1.79. The van der Waals surface area contributed by atoms with Crippen LogP contribution in [0.15, 0.2) is 18.2 Å². The van der Waals surface area contributed by atoms with Crippen molar-refractivity contribution in [1.29, 1.82) is 0 Å². The molecular weight excluding hydrogens is 246 g/mol. The maximum absolute atomic E-state index is 10.5. The maximum atomic E-state index is 10.5. The molecule has 1 aromatic rings. The quantitative estimate of drug-likeness (QED) is 0.626. The Morgan fingerprint density at radius 3 is 2.79 bits per heavy atom. The molecule has 1 aromatic carbocycles. The third-order valence-corrected chi connectivity index (χ3v) is 2.86. The topological polar surface area (TPSA) is 78.8 Å². The van der Waals surface area contributed by atoms with Gasteiger partial charge < -0.3 is 20.3 Å². The largest absolute Gasteiger partial charge is 0.504 e. The van der Waals surface area contributed by atoms with Crippen molar-refractivity contribution >= 4 is 5.97 Å². The Bertz CT molecular complexity index is 420. The van der Waals surface area contributed by atoms with Gasteiger partial charge in [-0.25, -0.2) is 0 Å². The minimum absolute atomic E-state index is 0.0261. The van der Waals surface area contributed by atoms with Gasteiger partial charge in [0, 0.05) is 6.04 Å². The van der Waals surface area contributed by atoms with Crippen molar-refractivity contribution in [3.63, 3.8) is 0 Å². The number of hydrogen-bond donors (Lipinski definition) is 3. The first-order chi connectivity index (χ1) is 9.02. The minimum atomic E-state index is -0.792. The first-order valence-electron chi connectivity index (χ1n) is 6.34. The summed E-state index contributed by atoms with van der Waals surface area (Å²) < 4.78 is 4.98. The molecule has 0 saturated heterocycles. The Balaban J connectivity index is 2.29. The average molecular weight is 267 g/mol. The molecule has 106 valence electrons. The van der Waals surface area contributed by atoms with Crippen molar-refractivity contribution < 1.29 is 19.7 Å². The second-order valence-corrected chi connectivity index (χ2v) is 4.56. The fourth-order valence-electron chi connectivity index (χ4n) is 1.87. The molecule has 0 radical (unpaired) electrons. The highest BCUT2D eigenvalue weighted by Crippen LogP contribution is 2.26. The Kier molecular flexibility index (Phi) is 6.15. The van der Waals surface area contributed by atoms with Crippen molar-refractivity contribution in [2.24, 2.45) is 0 Å². The second-order valence-electron chi connectivity index (χ2n) is 4.56. The molecule has 0 fully saturated rings. The van der Waals surface area contributed by atoms with Gasteiger partial charge in [-0.2, -0.15) is 0 Å². The molecule has 0 aromatic heterocycles. The van der Waals surface area contributed by atoms with Crippen molar-refractivity contribution in [1.82, 2.24) is 5.32 Å². The van der Waals surface area contributed by atoms with Gasteiger partial charge in [-0.1, -0.05) is 6.07 Å². The summed E-state index contributed by atoms with van der Waals surface area (Å²) in [6, 6.07) is 5.32. The number of ether oxygens (including phenoxy) is 1. The smallest absolute Gasteiger partial charge is 0.304 e. The minimum Gasteiger partial charge on any atom is -0.504 e. The summed E-state index contributed by atoms with van der Waals surface area (Å²) in [4.78, 5) is 10.5. The molecule has 5 heteroatoms. The number of benzene rings is 1. The highest BCUT2D eigenvalue weighted by Gasteiger charge is 2.06. The van der Waals surface area contributed by atoms with Gasteiger partial charge >= 0.3 is 5.97 Å². The maximum Gasteiger partial charge on any atom is 0.304 e. The van der Waals surface area contributed by atoms with E-state index < -0.39 is 5.97 Å². The SMILES string of the molecule is COc1ccc(CCCNC(C)CC(=O)O)cc1O. The zero-order valence-corrected chi connectivity index (χ0v) is 11.3. The first kappa shape index (κ1) is 15.3. The van der Waals surface area contributed by atoms with Crippen LogP contribution in [0.3, 0.4) is 0 Å². The molecule has 0 bridgehead atoms. The van der Waals surface area contributed by atoms with Crippen LogP contribution in [-0.2, 0) is 11.2 Å². The van der Waals surface area contributed by atoms with E-state index >= 15 is 0 Å². The van der Waals surface area contributed by atoms with E-state index in [1.807, 2.05) is 13.0 Å². The van der Waals surface area contributed by atoms with Crippen molar-refractivity contribution in [3.8, 4) is 11.5 Å². The number of aryl methyl sites for hydroxylation is 1. The van der Waals surface area contributed by atoms with Gasteiger partial charge in [-0.3, -0.25) is 4.79 Å². The van der Waals surface area contributed by atoms with Gasteiger partial charge in [0.15, 0.2) is 11.5 Å². The lowest BCUT2D eigenvalue weighted by Crippen LogP contribution is -2.29. The van der Waals surface area contributed by atoms with Crippen LogP contribution < -0.4 is 10.1 Å². The number of phenols is 1. The van der Waals surface area contributed by atoms with Gasteiger partial charge in [0.05, 0.1) is 13.5 Å². The Morgan fingerprint density at radius 1 is 1.47 bits per heavy atom. The van der Waals surface area contributed by atoms with Gasteiger partial charge in [-0.15, -0.1) is 0 Å². The molecular formula is C14H21NO4. The fourth-order valence-corrected chi connectivity index (χ4v) is 1.87. The van der Waals surface area contributed by atoms with Crippen LogP contribution >= 0.6 is 0 Å². The molecule has 0 heterocycles. The van der Waals surface area contributed by atoms with Crippen LogP contribution in [0, 0.1) is 0 Å². The Labute approximate surface area is 113 Å². The van der Waals surface area contributed by atoms with Gasteiger partial charge in [-0.05, 0) is 44.0 Å². The number of aromatic hydroxyl groups is 1. The van der Waals surface area contributed by atoms with E-state index in [0.717, 1.165) is 24.9 Å². The number of carboxylic acids is 1. The number of carbonyl (C=O) groups is 1. The summed E-state index contributed by atoms with van der Waals surface area (Å²) in [6.07, 6.45) is 1.84.